The SMILES string of the molecule is Cc1[nH]cnc1C=c1[nH]c(=O)c(=Cc2ccccc2)[nH]c1=O. The molecule has 3 aromatic rings. The van der Waals surface area contributed by atoms with Gasteiger partial charge in [-0.3, -0.25) is 9.59 Å². The van der Waals surface area contributed by atoms with Gasteiger partial charge >= 0.3 is 0 Å². The molecule has 0 fully saturated rings. The fraction of sp³-hybridized carbons (Fsp3) is 0.0625. The van der Waals surface area contributed by atoms with E-state index in [9.17, 15) is 9.59 Å². The van der Waals surface area contributed by atoms with E-state index >= 15 is 0 Å². The van der Waals surface area contributed by atoms with Gasteiger partial charge in [-0.25, -0.2) is 4.98 Å². The number of H-pyrrole nitrogens is 3. The van der Waals surface area contributed by atoms with Crippen molar-refractivity contribution in [2.24, 2.45) is 0 Å². The molecule has 0 spiro atoms. The molecule has 22 heavy (non-hydrogen) atoms. The summed E-state index contributed by atoms with van der Waals surface area (Å²) in [4.78, 5) is 36.4. The van der Waals surface area contributed by atoms with E-state index in [4.69, 9.17) is 0 Å². The molecule has 0 saturated carbocycles. The summed E-state index contributed by atoms with van der Waals surface area (Å²) < 4.78 is 0. The van der Waals surface area contributed by atoms with Crippen molar-refractivity contribution in [2.75, 3.05) is 0 Å². The monoisotopic (exact) mass is 294 g/mol. The number of hydrogen-bond donors (Lipinski definition) is 3. The summed E-state index contributed by atoms with van der Waals surface area (Å²) in [5.74, 6) is 0. The Morgan fingerprint density at radius 2 is 1.59 bits per heavy atom. The summed E-state index contributed by atoms with van der Waals surface area (Å²) in [6.45, 7) is 1.84. The average Bonchev–Trinajstić information content (AvgIpc) is 2.91. The molecule has 0 aliphatic carbocycles. The number of aromatic amines is 3. The molecule has 0 aliphatic heterocycles. The molecule has 1 aromatic carbocycles. The number of rotatable bonds is 2. The Labute approximate surface area is 124 Å². The second-order valence-corrected chi connectivity index (χ2v) is 4.85. The Morgan fingerprint density at radius 1 is 0.955 bits per heavy atom. The molecule has 3 rings (SSSR count). The third-order valence-corrected chi connectivity index (χ3v) is 3.25. The van der Waals surface area contributed by atoms with Gasteiger partial charge in [0.25, 0.3) is 11.1 Å². The van der Waals surface area contributed by atoms with Crippen LogP contribution in [0.3, 0.4) is 0 Å². The fourth-order valence-corrected chi connectivity index (χ4v) is 2.06. The molecular weight excluding hydrogens is 280 g/mol. The number of nitrogens with zero attached hydrogens (tertiary/aromatic N) is 1. The number of imidazole rings is 1. The lowest BCUT2D eigenvalue weighted by molar-refractivity contribution is 1.00. The van der Waals surface area contributed by atoms with Crippen LogP contribution < -0.4 is 21.8 Å². The van der Waals surface area contributed by atoms with Crippen LogP contribution in [0.2, 0.25) is 0 Å². The minimum Gasteiger partial charge on any atom is -0.348 e. The lowest BCUT2D eigenvalue weighted by Gasteiger charge is -1.93. The summed E-state index contributed by atoms with van der Waals surface area (Å²) in [5, 5.41) is 0.387. The van der Waals surface area contributed by atoms with Gasteiger partial charge in [-0.15, -0.1) is 0 Å². The van der Waals surface area contributed by atoms with Crippen molar-refractivity contribution >= 4 is 12.2 Å². The summed E-state index contributed by atoms with van der Waals surface area (Å²) in [6.07, 6.45) is 4.70. The molecular formula is C16H14N4O2. The second-order valence-electron chi connectivity index (χ2n) is 4.85. The summed E-state index contributed by atoms with van der Waals surface area (Å²) in [5.41, 5.74) is 1.54. The number of aryl methyl sites for hydroxylation is 1. The number of benzene rings is 1. The minimum atomic E-state index is -0.371. The summed E-state index contributed by atoms with van der Waals surface area (Å²) in [7, 11) is 0. The lowest BCUT2D eigenvalue weighted by Crippen LogP contribution is -2.46. The third-order valence-electron chi connectivity index (χ3n) is 3.25. The van der Waals surface area contributed by atoms with Gasteiger partial charge in [0.15, 0.2) is 0 Å². The van der Waals surface area contributed by atoms with Crippen molar-refractivity contribution in [3.05, 3.63) is 85.0 Å². The number of aromatic nitrogens is 4. The highest BCUT2D eigenvalue weighted by molar-refractivity contribution is 5.48. The normalized spacial score (nSPS) is 12.8. The Balaban J connectivity index is 2.16. The first kappa shape index (κ1) is 13.8. The maximum Gasteiger partial charge on any atom is 0.272 e. The van der Waals surface area contributed by atoms with Gasteiger partial charge < -0.3 is 15.0 Å². The molecule has 0 atom stereocenters. The summed E-state index contributed by atoms with van der Waals surface area (Å²) in [6, 6.07) is 9.31. The van der Waals surface area contributed by atoms with Gasteiger partial charge in [-0.05, 0) is 24.6 Å². The molecule has 6 heteroatoms. The van der Waals surface area contributed by atoms with E-state index in [1.165, 1.54) is 6.33 Å². The maximum atomic E-state index is 12.1. The topological polar surface area (TPSA) is 94.4 Å². The first-order valence-corrected chi connectivity index (χ1v) is 6.74. The predicted molar refractivity (Wildman–Crippen MR) is 83.8 cm³/mol. The zero-order chi connectivity index (χ0) is 15.5. The fourth-order valence-electron chi connectivity index (χ4n) is 2.06. The quantitative estimate of drug-likeness (QED) is 0.608. The standard InChI is InChI=1S/C16H14N4O2/c1-10-12(18-9-17-10)8-14-16(22)19-13(15(21)20-14)7-11-5-3-2-4-6-11/h2-9H,1H3,(H,17,18)(H,19,22)(H,20,21). The van der Waals surface area contributed by atoms with Crippen LogP contribution >= 0.6 is 0 Å². The van der Waals surface area contributed by atoms with E-state index in [1.54, 1.807) is 12.2 Å². The second kappa shape index (κ2) is 5.69. The Hall–Kier alpha value is -3.15. The molecule has 110 valence electrons. The van der Waals surface area contributed by atoms with Crippen LogP contribution in [0.4, 0.5) is 0 Å². The van der Waals surface area contributed by atoms with Crippen LogP contribution in [0.15, 0.2) is 46.2 Å². The average molecular weight is 294 g/mol. The molecule has 0 unspecified atom stereocenters. The van der Waals surface area contributed by atoms with E-state index in [-0.39, 0.29) is 21.8 Å². The van der Waals surface area contributed by atoms with Crippen molar-refractivity contribution in [1.29, 1.82) is 0 Å². The molecule has 6 nitrogen and oxygen atoms in total. The molecule has 2 aromatic heterocycles. The minimum absolute atomic E-state index is 0.172. The molecule has 0 saturated heterocycles. The predicted octanol–water partition coefficient (Wildman–Crippen LogP) is -0.248. The number of nitrogens with one attached hydrogen (secondary N) is 3. The molecule has 0 amide bonds. The maximum absolute atomic E-state index is 12.1. The van der Waals surface area contributed by atoms with Crippen molar-refractivity contribution in [3.8, 4) is 0 Å². The highest BCUT2D eigenvalue weighted by atomic mass is 16.1. The Kier molecular flexibility index (Phi) is 3.57. The van der Waals surface area contributed by atoms with Crippen molar-refractivity contribution in [3.63, 3.8) is 0 Å². The van der Waals surface area contributed by atoms with Crippen molar-refractivity contribution in [2.45, 2.75) is 6.92 Å². The molecule has 0 aliphatic rings. The van der Waals surface area contributed by atoms with Crippen LogP contribution in [0.25, 0.3) is 12.2 Å². The van der Waals surface area contributed by atoms with Gasteiger partial charge in [0.2, 0.25) is 0 Å². The first-order chi connectivity index (χ1) is 10.6. The summed E-state index contributed by atoms with van der Waals surface area (Å²) >= 11 is 0. The Morgan fingerprint density at radius 3 is 2.18 bits per heavy atom. The van der Waals surface area contributed by atoms with Gasteiger partial charge in [-0.1, -0.05) is 30.3 Å². The zero-order valence-electron chi connectivity index (χ0n) is 11.9. The van der Waals surface area contributed by atoms with Crippen molar-refractivity contribution in [1.82, 2.24) is 19.9 Å². The molecule has 0 bridgehead atoms. The first-order valence-electron chi connectivity index (χ1n) is 6.74. The Bertz CT molecular complexity index is 1030. The van der Waals surface area contributed by atoms with Crippen molar-refractivity contribution < 1.29 is 0 Å². The van der Waals surface area contributed by atoms with E-state index in [1.807, 2.05) is 37.3 Å². The van der Waals surface area contributed by atoms with Gasteiger partial charge in [-0.2, -0.15) is 0 Å². The van der Waals surface area contributed by atoms with Gasteiger partial charge in [0.05, 0.1) is 12.0 Å². The molecule has 3 N–H and O–H groups in total. The van der Waals surface area contributed by atoms with Crippen LogP contribution in [0, 0.1) is 6.92 Å². The lowest BCUT2D eigenvalue weighted by atomic mass is 10.2. The zero-order valence-corrected chi connectivity index (χ0v) is 11.9. The van der Waals surface area contributed by atoms with Crippen LogP contribution in [-0.4, -0.2) is 19.9 Å². The highest BCUT2D eigenvalue weighted by Crippen LogP contribution is 1.99. The largest absolute Gasteiger partial charge is 0.348 e. The van der Waals surface area contributed by atoms with E-state index < -0.39 is 0 Å². The molecule has 0 radical (unpaired) electrons. The van der Waals surface area contributed by atoms with Crippen LogP contribution in [0.1, 0.15) is 17.0 Å². The van der Waals surface area contributed by atoms with E-state index in [2.05, 4.69) is 19.9 Å². The van der Waals surface area contributed by atoms with Gasteiger partial charge in [0.1, 0.15) is 10.7 Å². The van der Waals surface area contributed by atoms with E-state index in [0.29, 0.717) is 5.69 Å². The number of hydrogen-bond acceptors (Lipinski definition) is 3. The smallest absolute Gasteiger partial charge is 0.272 e. The highest BCUT2D eigenvalue weighted by Gasteiger charge is 2.00. The van der Waals surface area contributed by atoms with Gasteiger partial charge in [0, 0.05) is 5.69 Å². The molecule has 2 heterocycles. The van der Waals surface area contributed by atoms with Crippen LogP contribution in [-0.2, 0) is 0 Å². The van der Waals surface area contributed by atoms with Crippen LogP contribution in [0.5, 0.6) is 0 Å². The van der Waals surface area contributed by atoms with E-state index in [0.717, 1.165) is 11.3 Å². The third kappa shape index (κ3) is 2.80.